The molecule has 1 N–H and O–H groups in total. The molecule has 0 aliphatic heterocycles. The summed E-state index contributed by atoms with van der Waals surface area (Å²) in [5.74, 6) is 0.809. The van der Waals surface area contributed by atoms with Gasteiger partial charge in [0, 0.05) is 14.9 Å². The van der Waals surface area contributed by atoms with Crippen molar-refractivity contribution in [3.8, 4) is 5.75 Å². The molecule has 1 unspecified atom stereocenters. The Labute approximate surface area is 119 Å². The third kappa shape index (κ3) is 2.76. The first kappa shape index (κ1) is 13.6. The molecule has 0 spiro atoms. The van der Waals surface area contributed by atoms with Gasteiger partial charge >= 0.3 is 0 Å². The Bertz CT molecular complexity index is 536. The Morgan fingerprint density at radius 1 is 1.39 bits per heavy atom. The van der Waals surface area contributed by atoms with E-state index in [1.54, 1.807) is 11.3 Å². The number of hydrogen-bond donors (Lipinski definition) is 1. The normalized spacial score (nSPS) is 12.4. The van der Waals surface area contributed by atoms with Gasteiger partial charge in [0.25, 0.3) is 0 Å². The lowest BCUT2D eigenvalue weighted by molar-refractivity contribution is 0.222. The van der Waals surface area contributed by atoms with Crippen molar-refractivity contribution in [3.63, 3.8) is 0 Å². The van der Waals surface area contributed by atoms with Crippen LogP contribution in [0.2, 0.25) is 0 Å². The Morgan fingerprint density at radius 2 is 2.17 bits per heavy atom. The third-order valence-corrected chi connectivity index (χ3v) is 4.49. The zero-order chi connectivity index (χ0) is 13.1. The van der Waals surface area contributed by atoms with Gasteiger partial charge in [0.2, 0.25) is 0 Å². The first-order chi connectivity index (χ1) is 8.63. The van der Waals surface area contributed by atoms with E-state index in [0.29, 0.717) is 6.61 Å². The highest BCUT2D eigenvalue weighted by molar-refractivity contribution is 9.10. The molecule has 0 bridgehead atoms. The maximum absolute atomic E-state index is 10.4. The fourth-order valence-electron chi connectivity index (χ4n) is 1.79. The van der Waals surface area contributed by atoms with Crippen molar-refractivity contribution in [2.24, 2.45) is 0 Å². The van der Waals surface area contributed by atoms with Crippen LogP contribution in [0.4, 0.5) is 0 Å². The van der Waals surface area contributed by atoms with Gasteiger partial charge in [0.15, 0.2) is 0 Å². The van der Waals surface area contributed by atoms with Crippen LogP contribution in [-0.4, -0.2) is 11.7 Å². The predicted molar refractivity (Wildman–Crippen MR) is 78.4 cm³/mol. The summed E-state index contributed by atoms with van der Waals surface area (Å²) in [5, 5.41) is 12.4. The molecule has 2 aromatic rings. The molecule has 96 valence electrons. The number of thiophene rings is 1. The number of benzene rings is 1. The molecule has 18 heavy (non-hydrogen) atoms. The molecule has 0 fully saturated rings. The van der Waals surface area contributed by atoms with Crippen molar-refractivity contribution >= 4 is 27.3 Å². The number of ether oxygens (including phenoxy) is 1. The second kappa shape index (κ2) is 5.87. The topological polar surface area (TPSA) is 29.5 Å². The summed E-state index contributed by atoms with van der Waals surface area (Å²) in [4.78, 5) is 0.986. The van der Waals surface area contributed by atoms with Gasteiger partial charge in [-0.25, -0.2) is 0 Å². The van der Waals surface area contributed by atoms with E-state index in [1.807, 2.05) is 43.5 Å². The molecule has 4 heteroatoms. The standard InChI is InChI=1S/C14H15BrO2S/c1-3-17-10-4-5-11(12(15)8-10)13(16)14-9(2)6-7-18-14/h4-8,13,16H,3H2,1-2H3. The fourth-order valence-corrected chi connectivity index (χ4v) is 3.30. The van der Waals surface area contributed by atoms with Crippen LogP contribution in [0.5, 0.6) is 5.75 Å². The number of hydrogen-bond acceptors (Lipinski definition) is 3. The van der Waals surface area contributed by atoms with E-state index < -0.39 is 6.10 Å². The molecule has 0 amide bonds. The monoisotopic (exact) mass is 326 g/mol. The number of aliphatic hydroxyl groups excluding tert-OH is 1. The van der Waals surface area contributed by atoms with Crippen LogP contribution in [0, 0.1) is 6.92 Å². The van der Waals surface area contributed by atoms with Crippen LogP contribution < -0.4 is 4.74 Å². The van der Waals surface area contributed by atoms with Gasteiger partial charge in [-0.1, -0.05) is 22.0 Å². The van der Waals surface area contributed by atoms with E-state index in [-0.39, 0.29) is 0 Å². The highest BCUT2D eigenvalue weighted by Crippen LogP contribution is 2.34. The molecular weight excluding hydrogens is 312 g/mol. The van der Waals surface area contributed by atoms with Crippen LogP contribution in [0.25, 0.3) is 0 Å². The lowest BCUT2D eigenvalue weighted by Gasteiger charge is -2.14. The van der Waals surface area contributed by atoms with Gasteiger partial charge < -0.3 is 9.84 Å². The maximum Gasteiger partial charge on any atom is 0.120 e. The lowest BCUT2D eigenvalue weighted by Crippen LogP contribution is -2.00. The highest BCUT2D eigenvalue weighted by Gasteiger charge is 2.17. The van der Waals surface area contributed by atoms with Gasteiger partial charge in [0.1, 0.15) is 11.9 Å². The molecule has 1 heterocycles. The largest absolute Gasteiger partial charge is 0.494 e. The molecule has 1 atom stereocenters. The summed E-state index contributed by atoms with van der Waals surface area (Å²) >= 11 is 5.07. The van der Waals surface area contributed by atoms with Crippen molar-refractivity contribution < 1.29 is 9.84 Å². The Balaban J connectivity index is 2.31. The number of aliphatic hydroxyl groups is 1. The molecule has 0 saturated carbocycles. The van der Waals surface area contributed by atoms with E-state index in [4.69, 9.17) is 4.74 Å². The Kier molecular flexibility index (Phi) is 4.43. The highest BCUT2D eigenvalue weighted by atomic mass is 79.9. The Morgan fingerprint density at radius 3 is 2.72 bits per heavy atom. The minimum absolute atomic E-state index is 0.588. The predicted octanol–water partition coefficient (Wildman–Crippen LogP) is 4.30. The number of rotatable bonds is 4. The molecule has 1 aromatic carbocycles. The van der Waals surface area contributed by atoms with E-state index >= 15 is 0 Å². The van der Waals surface area contributed by atoms with E-state index in [9.17, 15) is 5.11 Å². The molecular formula is C14H15BrO2S. The van der Waals surface area contributed by atoms with Gasteiger partial charge in [-0.2, -0.15) is 0 Å². The molecule has 2 rings (SSSR count). The van der Waals surface area contributed by atoms with Gasteiger partial charge in [0.05, 0.1) is 6.61 Å². The summed E-state index contributed by atoms with van der Waals surface area (Å²) in [6.07, 6.45) is -0.588. The maximum atomic E-state index is 10.4. The second-order valence-corrected chi connectivity index (χ2v) is 5.79. The lowest BCUT2D eigenvalue weighted by atomic mass is 10.1. The minimum Gasteiger partial charge on any atom is -0.494 e. The molecule has 0 aliphatic carbocycles. The van der Waals surface area contributed by atoms with Crippen LogP contribution in [-0.2, 0) is 0 Å². The number of aryl methyl sites for hydroxylation is 1. The first-order valence-electron chi connectivity index (χ1n) is 5.77. The Hall–Kier alpha value is -0.840. The van der Waals surface area contributed by atoms with Gasteiger partial charge in [-0.3, -0.25) is 0 Å². The zero-order valence-electron chi connectivity index (χ0n) is 10.3. The van der Waals surface area contributed by atoms with E-state index in [2.05, 4.69) is 15.9 Å². The van der Waals surface area contributed by atoms with Crippen molar-refractivity contribution in [1.29, 1.82) is 0 Å². The second-order valence-electron chi connectivity index (χ2n) is 3.99. The quantitative estimate of drug-likeness (QED) is 0.907. The number of halogens is 1. The minimum atomic E-state index is -0.588. The summed E-state index contributed by atoms with van der Waals surface area (Å²) in [5.41, 5.74) is 1.98. The van der Waals surface area contributed by atoms with Crippen LogP contribution in [0.1, 0.15) is 29.0 Å². The summed E-state index contributed by atoms with van der Waals surface area (Å²) in [7, 11) is 0. The molecule has 0 saturated heterocycles. The molecule has 2 nitrogen and oxygen atoms in total. The zero-order valence-corrected chi connectivity index (χ0v) is 12.7. The van der Waals surface area contributed by atoms with E-state index in [0.717, 1.165) is 26.2 Å². The molecule has 0 aliphatic rings. The van der Waals surface area contributed by atoms with Crippen molar-refractivity contribution in [2.45, 2.75) is 20.0 Å². The smallest absolute Gasteiger partial charge is 0.120 e. The average molecular weight is 327 g/mol. The average Bonchev–Trinajstić information content (AvgIpc) is 2.75. The SMILES string of the molecule is CCOc1ccc(C(O)c2sccc2C)c(Br)c1. The third-order valence-electron chi connectivity index (χ3n) is 2.73. The van der Waals surface area contributed by atoms with Crippen LogP contribution in [0.15, 0.2) is 34.1 Å². The van der Waals surface area contributed by atoms with Gasteiger partial charge in [-0.15, -0.1) is 11.3 Å². The van der Waals surface area contributed by atoms with Crippen LogP contribution in [0.3, 0.4) is 0 Å². The summed E-state index contributed by atoms with van der Waals surface area (Å²) in [6, 6.07) is 7.70. The fraction of sp³-hybridized carbons (Fsp3) is 0.286. The van der Waals surface area contributed by atoms with Gasteiger partial charge in [-0.05, 0) is 43.0 Å². The van der Waals surface area contributed by atoms with Crippen molar-refractivity contribution in [2.75, 3.05) is 6.61 Å². The van der Waals surface area contributed by atoms with Crippen LogP contribution >= 0.6 is 27.3 Å². The molecule has 0 radical (unpaired) electrons. The summed E-state index contributed by atoms with van der Waals surface area (Å²) in [6.45, 7) is 4.60. The summed E-state index contributed by atoms with van der Waals surface area (Å²) < 4.78 is 6.30. The molecule has 1 aromatic heterocycles. The van der Waals surface area contributed by atoms with Crippen molar-refractivity contribution in [1.82, 2.24) is 0 Å². The first-order valence-corrected chi connectivity index (χ1v) is 7.45. The van der Waals surface area contributed by atoms with Crippen molar-refractivity contribution in [3.05, 3.63) is 50.1 Å². The van der Waals surface area contributed by atoms with E-state index in [1.165, 1.54) is 0 Å².